The second-order valence-electron chi connectivity index (χ2n) is 7.84. The van der Waals surface area contributed by atoms with Crippen molar-refractivity contribution in [2.24, 2.45) is 0 Å². The average molecular weight is 415 g/mol. The fraction of sp³-hybridized carbons (Fsp3) is 0.435. The molecule has 3 rings (SSSR count). The van der Waals surface area contributed by atoms with Crippen LogP contribution in [-0.4, -0.2) is 63.1 Å². The number of rotatable bonds is 7. The van der Waals surface area contributed by atoms with Gasteiger partial charge in [0.2, 0.25) is 0 Å². The van der Waals surface area contributed by atoms with Crippen molar-refractivity contribution in [1.82, 2.24) is 9.80 Å². The Hall–Kier alpha value is -2.18. The molecule has 1 aliphatic heterocycles. The smallest absolute Gasteiger partial charge is 0.253 e. The predicted octanol–water partition coefficient (Wildman–Crippen LogP) is 3.01. The normalized spacial score (nSPS) is 15.8. The molecule has 1 amide bonds. The highest BCUT2D eigenvalue weighted by atomic mass is 32.2. The van der Waals surface area contributed by atoms with Crippen LogP contribution in [0.4, 0.5) is 0 Å². The number of hydrogen-bond acceptors (Lipinski definition) is 4. The van der Waals surface area contributed by atoms with Gasteiger partial charge in [0.1, 0.15) is 0 Å². The lowest BCUT2D eigenvalue weighted by Gasteiger charge is -2.22. The molecule has 0 unspecified atom stereocenters. The van der Waals surface area contributed by atoms with Crippen LogP contribution in [0.2, 0.25) is 0 Å². The summed E-state index contributed by atoms with van der Waals surface area (Å²) in [6, 6.07) is 17.5. The summed E-state index contributed by atoms with van der Waals surface area (Å²) in [6.45, 7) is 4.46. The maximum Gasteiger partial charge on any atom is 0.253 e. The van der Waals surface area contributed by atoms with Crippen molar-refractivity contribution in [3.8, 4) is 0 Å². The molecule has 6 heteroatoms. The highest BCUT2D eigenvalue weighted by Gasteiger charge is 2.20. The van der Waals surface area contributed by atoms with Crippen LogP contribution >= 0.6 is 0 Å². The summed E-state index contributed by atoms with van der Waals surface area (Å²) >= 11 is 0. The van der Waals surface area contributed by atoms with E-state index in [1.165, 1.54) is 11.8 Å². The van der Waals surface area contributed by atoms with E-state index in [9.17, 15) is 13.2 Å². The van der Waals surface area contributed by atoms with Gasteiger partial charge in [-0.1, -0.05) is 42.5 Å². The molecule has 0 bridgehead atoms. The van der Waals surface area contributed by atoms with E-state index >= 15 is 0 Å². The van der Waals surface area contributed by atoms with Crippen LogP contribution in [-0.2, 0) is 22.0 Å². The molecule has 0 aromatic heterocycles. The van der Waals surface area contributed by atoms with Crippen molar-refractivity contribution >= 4 is 15.7 Å². The Morgan fingerprint density at radius 3 is 2.31 bits per heavy atom. The quantitative estimate of drug-likeness (QED) is 0.699. The summed E-state index contributed by atoms with van der Waals surface area (Å²) in [5.41, 5.74) is 2.71. The second-order valence-corrected chi connectivity index (χ2v) is 9.98. The van der Waals surface area contributed by atoms with Gasteiger partial charge in [-0.25, -0.2) is 8.42 Å². The van der Waals surface area contributed by atoms with Crippen molar-refractivity contribution in [3.63, 3.8) is 0 Å². The molecule has 1 heterocycles. The summed E-state index contributed by atoms with van der Waals surface area (Å²) in [5, 5.41) is 0. The summed E-state index contributed by atoms with van der Waals surface area (Å²) in [5.74, 6) is 0.0328. The molecule has 0 atom stereocenters. The van der Waals surface area contributed by atoms with Crippen molar-refractivity contribution in [2.75, 3.05) is 39.0 Å². The summed E-state index contributed by atoms with van der Waals surface area (Å²) in [6.07, 6.45) is 4.40. The largest absolute Gasteiger partial charge is 0.337 e. The number of carbonyl (C=O) groups is 1. The first kappa shape index (κ1) is 21.5. The van der Waals surface area contributed by atoms with E-state index in [2.05, 4.69) is 29.2 Å². The van der Waals surface area contributed by atoms with Crippen molar-refractivity contribution < 1.29 is 13.2 Å². The maximum atomic E-state index is 12.8. The molecule has 5 nitrogen and oxygen atoms in total. The van der Waals surface area contributed by atoms with Gasteiger partial charge in [0.25, 0.3) is 5.91 Å². The molecule has 0 saturated carbocycles. The van der Waals surface area contributed by atoms with Gasteiger partial charge in [-0.05, 0) is 55.6 Å². The van der Waals surface area contributed by atoms with E-state index in [0.29, 0.717) is 11.1 Å². The van der Waals surface area contributed by atoms with Crippen molar-refractivity contribution in [2.45, 2.75) is 25.0 Å². The number of nitrogens with zero attached hydrogens (tertiary/aromatic N) is 2. The number of amides is 1. The third-order valence-electron chi connectivity index (χ3n) is 5.29. The van der Waals surface area contributed by atoms with Gasteiger partial charge >= 0.3 is 0 Å². The minimum absolute atomic E-state index is 0.00310. The minimum atomic E-state index is -3.07. The average Bonchev–Trinajstić information content (AvgIpc) is 2.93. The molecule has 1 fully saturated rings. The van der Waals surface area contributed by atoms with Gasteiger partial charge in [-0.2, -0.15) is 0 Å². The number of benzene rings is 2. The maximum absolute atomic E-state index is 12.8. The highest BCUT2D eigenvalue weighted by Crippen LogP contribution is 2.13. The molecular weight excluding hydrogens is 384 g/mol. The van der Waals surface area contributed by atoms with Crippen LogP contribution in [0.25, 0.3) is 0 Å². The van der Waals surface area contributed by atoms with Gasteiger partial charge in [0.15, 0.2) is 9.84 Å². The first-order chi connectivity index (χ1) is 13.9. The lowest BCUT2D eigenvalue weighted by atomic mass is 10.1. The molecule has 156 valence electrons. The Bertz CT molecular complexity index is 895. The van der Waals surface area contributed by atoms with E-state index in [4.69, 9.17) is 0 Å². The molecule has 0 spiro atoms. The molecule has 2 aromatic rings. The van der Waals surface area contributed by atoms with Crippen LogP contribution in [0, 0.1) is 0 Å². The SMILES string of the molecule is CS(=O)(=O)Cc1ccc(C(=O)N2CCCN(CCCc3ccccc3)CC2)cc1. The second kappa shape index (κ2) is 10.0. The topological polar surface area (TPSA) is 57.7 Å². The first-order valence-corrected chi connectivity index (χ1v) is 12.3. The van der Waals surface area contributed by atoms with E-state index < -0.39 is 9.84 Å². The summed E-state index contributed by atoms with van der Waals surface area (Å²) < 4.78 is 22.8. The van der Waals surface area contributed by atoms with Gasteiger partial charge in [-0.15, -0.1) is 0 Å². The highest BCUT2D eigenvalue weighted by molar-refractivity contribution is 7.89. The predicted molar refractivity (Wildman–Crippen MR) is 117 cm³/mol. The van der Waals surface area contributed by atoms with Gasteiger partial charge < -0.3 is 9.80 Å². The Balaban J connectivity index is 1.49. The molecule has 0 aliphatic carbocycles. The van der Waals surface area contributed by atoms with E-state index in [1.54, 1.807) is 24.3 Å². The zero-order valence-electron chi connectivity index (χ0n) is 17.1. The molecule has 2 aromatic carbocycles. The Morgan fingerprint density at radius 1 is 0.897 bits per heavy atom. The van der Waals surface area contributed by atoms with Crippen molar-refractivity contribution in [1.29, 1.82) is 0 Å². The van der Waals surface area contributed by atoms with Crippen LogP contribution in [0.3, 0.4) is 0 Å². The minimum Gasteiger partial charge on any atom is -0.337 e. The number of hydrogen-bond donors (Lipinski definition) is 0. The summed E-state index contributed by atoms with van der Waals surface area (Å²) in [4.78, 5) is 17.2. The number of carbonyl (C=O) groups excluding carboxylic acids is 1. The third-order valence-corrected chi connectivity index (χ3v) is 6.15. The monoisotopic (exact) mass is 414 g/mol. The van der Waals surface area contributed by atoms with Gasteiger partial charge in [-0.3, -0.25) is 4.79 Å². The van der Waals surface area contributed by atoms with Crippen LogP contribution in [0.15, 0.2) is 54.6 Å². The molecule has 29 heavy (non-hydrogen) atoms. The number of sulfone groups is 1. The number of aryl methyl sites for hydroxylation is 1. The van der Waals surface area contributed by atoms with Gasteiger partial charge in [0.05, 0.1) is 5.75 Å². The van der Waals surface area contributed by atoms with Crippen LogP contribution < -0.4 is 0 Å². The lowest BCUT2D eigenvalue weighted by Crippen LogP contribution is -2.35. The zero-order chi connectivity index (χ0) is 20.7. The van der Waals surface area contributed by atoms with Crippen molar-refractivity contribution in [3.05, 3.63) is 71.3 Å². The first-order valence-electron chi connectivity index (χ1n) is 10.2. The fourth-order valence-electron chi connectivity index (χ4n) is 3.78. The van der Waals surface area contributed by atoms with E-state index in [-0.39, 0.29) is 11.7 Å². The Kier molecular flexibility index (Phi) is 7.45. The molecule has 1 saturated heterocycles. The molecule has 0 radical (unpaired) electrons. The van der Waals surface area contributed by atoms with Crippen LogP contribution in [0.1, 0.15) is 34.3 Å². The van der Waals surface area contributed by atoms with E-state index in [0.717, 1.165) is 52.0 Å². The molecule has 0 N–H and O–H groups in total. The Morgan fingerprint density at radius 2 is 1.62 bits per heavy atom. The summed E-state index contributed by atoms with van der Waals surface area (Å²) in [7, 11) is -3.07. The third kappa shape index (κ3) is 6.98. The molecular formula is C23H30N2O3S. The van der Waals surface area contributed by atoms with E-state index in [1.807, 2.05) is 11.0 Å². The fourth-order valence-corrected chi connectivity index (χ4v) is 4.58. The zero-order valence-corrected chi connectivity index (χ0v) is 17.9. The Labute approximate surface area is 174 Å². The molecule has 1 aliphatic rings. The van der Waals surface area contributed by atoms with Crippen LogP contribution in [0.5, 0.6) is 0 Å². The van der Waals surface area contributed by atoms with Gasteiger partial charge in [0, 0.05) is 31.5 Å². The lowest BCUT2D eigenvalue weighted by molar-refractivity contribution is 0.0761. The standard InChI is InChI=1S/C23H30N2O3S/c1-29(27,28)19-21-10-12-22(13-11-21)23(26)25-16-6-15-24(17-18-25)14-5-9-20-7-3-2-4-8-20/h2-4,7-8,10-13H,5-6,9,14-19H2,1H3.